The van der Waals surface area contributed by atoms with Gasteiger partial charge in [-0.2, -0.15) is 0 Å². The molecule has 0 saturated carbocycles. The van der Waals surface area contributed by atoms with Crippen LogP contribution >= 0.6 is 35.4 Å². The number of imidazole rings is 1. The number of halogens is 3. The largest absolute Gasteiger partial charge is 0.331 e. The van der Waals surface area contributed by atoms with Gasteiger partial charge in [0.15, 0.2) is 4.77 Å². The molecule has 0 fully saturated rings. The average molecular weight is 327 g/mol. The Hall–Kier alpha value is -1.36. The van der Waals surface area contributed by atoms with Crippen LogP contribution < -0.4 is 0 Å². The Morgan fingerprint density at radius 3 is 2.60 bits per heavy atom. The fraction of sp³-hybridized carbons (Fsp3) is 0.0714. The summed E-state index contributed by atoms with van der Waals surface area (Å²) in [7, 11) is 0. The van der Waals surface area contributed by atoms with E-state index in [1.807, 2.05) is 0 Å². The molecule has 0 atom stereocenters. The first-order valence-electron chi connectivity index (χ1n) is 5.87. The predicted octanol–water partition coefficient (Wildman–Crippen LogP) is 5.19. The van der Waals surface area contributed by atoms with Gasteiger partial charge in [-0.1, -0.05) is 41.4 Å². The molecule has 2 aromatic carbocycles. The summed E-state index contributed by atoms with van der Waals surface area (Å²) >= 11 is 17.3. The zero-order valence-electron chi connectivity index (χ0n) is 10.2. The highest BCUT2D eigenvalue weighted by atomic mass is 35.5. The highest BCUT2D eigenvalue weighted by Gasteiger charge is 2.10. The Labute approximate surface area is 129 Å². The van der Waals surface area contributed by atoms with E-state index in [1.54, 1.807) is 34.9 Å². The Kier molecular flexibility index (Phi) is 3.54. The molecule has 0 spiro atoms. The van der Waals surface area contributed by atoms with E-state index in [0.717, 1.165) is 11.0 Å². The molecule has 0 aliphatic heterocycles. The van der Waals surface area contributed by atoms with Gasteiger partial charge in [0.25, 0.3) is 0 Å². The van der Waals surface area contributed by atoms with Crippen molar-refractivity contribution in [2.24, 2.45) is 0 Å². The molecule has 1 heterocycles. The SMILES string of the molecule is Fc1ccccc1Cn1c(=S)[nH]c2cc(Cl)c(Cl)cc21. The molecule has 3 aromatic rings. The lowest BCUT2D eigenvalue weighted by atomic mass is 10.2. The number of hydrogen-bond acceptors (Lipinski definition) is 1. The minimum absolute atomic E-state index is 0.260. The van der Waals surface area contributed by atoms with E-state index >= 15 is 0 Å². The Morgan fingerprint density at radius 1 is 1.15 bits per heavy atom. The molecule has 1 N–H and O–H groups in total. The number of nitrogens with zero attached hydrogens (tertiary/aromatic N) is 1. The minimum Gasteiger partial charge on any atom is -0.331 e. The maximum atomic E-state index is 13.8. The van der Waals surface area contributed by atoms with Crippen molar-refractivity contribution in [2.75, 3.05) is 0 Å². The zero-order chi connectivity index (χ0) is 14.3. The van der Waals surface area contributed by atoms with Gasteiger partial charge >= 0.3 is 0 Å². The number of aromatic nitrogens is 2. The molecular weight excluding hydrogens is 318 g/mol. The molecule has 0 amide bonds. The number of rotatable bonds is 2. The lowest BCUT2D eigenvalue weighted by molar-refractivity contribution is 0.600. The highest BCUT2D eigenvalue weighted by molar-refractivity contribution is 7.71. The van der Waals surface area contributed by atoms with Gasteiger partial charge in [-0.15, -0.1) is 0 Å². The van der Waals surface area contributed by atoms with Crippen LogP contribution in [0.2, 0.25) is 10.0 Å². The second-order valence-electron chi connectivity index (χ2n) is 4.39. The standard InChI is InChI=1S/C14H9Cl2FN2S/c15-9-5-12-13(6-10(9)16)19(14(20)18-12)7-8-3-1-2-4-11(8)17/h1-6H,7H2,(H,18,20). The van der Waals surface area contributed by atoms with Gasteiger partial charge < -0.3 is 9.55 Å². The van der Waals surface area contributed by atoms with Crippen molar-refractivity contribution >= 4 is 46.5 Å². The first kappa shape index (κ1) is 13.6. The third kappa shape index (κ3) is 2.35. The maximum absolute atomic E-state index is 13.8. The number of aromatic amines is 1. The van der Waals surface area contributed by atoms with Crippen molar-refractivity contribution in [3.8, 4) is 0 Å². The third-order valence-electron chi connectivity index (χ3n) is 3.10. The lowest BCUT2D eigenvalue weighted by Gasteiger charge is -2.06. The van der Waals surface area contributed by atoms with Crippen molar-refractivity contribution in [3.05, 3.63) is 62.6 Å². The van der Waals surface area contributed by atoms with Crippen molar-refractivity contribution in [1.29, 1.82) is 0 Å². The van der Waals surface area contributed by atoms with Crippen molar-refractivity contribution in [3.63, 3.8) is 0 Å². The van der Waals surface area contributed by atoms with Gasteiger partial charge in [0.2, 0.25) is 0 Å². The van der Waals surface area contributed by atoms with Crippen molar-refractivity contribution in [2.45, 2.75) is 6.54 Å². The summed E-state index contributed by atoms with van der Waals surface area (Å²) in [5.74, 6) is -0.260. The molecule has 0 unspecified atom stereocenters. The summed E-state index contributed by atoms with van der Waals surface area (Å²) in [4.78, 5) is 3.05. The first-order chi connectivity index (χ1) is 9.56. The molecular formula is C14H9Cl2FN2S. The van der Waals surface area contributed by atoms with E-state index in [1.165, 1.54) is 6.07 Å². The molecule has 6 heteroatoms. The molecule has 102 valence electrons. The normalized spacial score (nSPS) is 11.2. The fourth-order valence-corrected chi connectivity index (χ4v) is 2.70. The van der Waals surface area contributed by atoms with Crippen LogP contribution in [0.3, 0.4) is 0 Å². The molecule has 2 nitrogen and oxygen atoms in total. The molecule has 20 heavy (non-hydrogen) atoms. The van der Waals surface area contributed by atoms with Gasteiger partial charge in [0.1, 0.15) is 5.82 Å². The number of H-pyrrole nitrogens is 1. The topological polar surface area (TPSA) is 20.7 Å². The maximum Gasteiger partial charge on any atom is 0.178 e. The first-order valence-corrected chi connectivity index (χ1v) is 7.03. The van der Waals surface area contributed by atoms with Crippen LogP contribution in [0, 0.1) is 10.6 Å². The lowest BCUT2D eigenvalue weighted by Crippen LogP contribution is -2.01. The molecule has 0 bridgehead atoms. The monoisotopic (exact) mass is 326 g/mol. The Bertz CT molecular complexity index is 854. The van der Waals surface area contributed by atoms with E-state index in [-0.39, 0.29) is 5.82 Å². The van der Waals surface area contributed by atoms with Gasteiger partial charge in [0, 0.05) is 5.56 Å². The predicted molar refractivity (Wildman–Crippen MR) is 82.6 cm³/mol. The highest BCUT2D eigenvalue weighted by Crippen LogP contribution is 2.28. The van der Waals surface area contributed by atoms with E-state index in [9.17, 15) is 4.39 Å². The Balaban J connectivity index is 2.17. The van der Waals surface area contributed by atoms with E-state index in [4.69, 9.17) is 35.4 Å². The van der Waals surface area contributed by atoms with Crippen molar-refractivity contribution in [1.82, 2.24) is 9.55 Å². The summed E-state index contributed by atoms with van der Waals surface area (Å²) in [5.41, 5.74) is 2.14. The molecule has 3 rings (SSSR count). The van der Waals surface area contributed by atoms with Crippen LogP contribution in [0.25, 0.3) is 11.0 Å². The quantitative estimate of drug-likeness (QED) is 0.642. The van der Waals surface area contributed by atoms with Gasteiger partial charge in [0.05, 0.1) is 27.6 Å². The zero-order valence-corrected chi connectivity index (χ0v) is 12.5. The number of fused-ring (bicyclic) bond motifs is 1. The van der Waals surface area contributed by atoms with Crippen LogP contribution in [0.15, 0.2) is 36.4 Å². The van der Waals surface area contributed by atoms with E-state index in [2.05, 4.69) is 4.98 Å². The smallest absolute Gasteiger partial charge is 0.178 e. The summed E-state index contributed by atoms with van der Waals surface area (Å²) in [5, 5.41) is 0.893. The molecule has 1 aromatic heterocycles. The summed E-state index contributed by atoms with van der Waals surface area (Å²) in [6.07, 6.45) is 0. The second kappa shape index (κ2) is 5.20. The second-order valence-corrected chi connectivity index (χ2v) is 5.59. The van der Waals surface area contributed by atoms with E-state index in [0.29, 0.717) is 26.9 Å². The number of benzene rings is 2. The van der Waals surface area contributed by atoms with Gasteiger partial charge in [-0.3, -0.25) is 0 Å². The summed E-state index contributed by atoms with van der Waals surface area (Å²) in [6, 6.07) is 10.1. The molecule has 0 aliphatic rings. The van der Waals surface area contributed by atoms with Crippen molar-refractivity contribution < 1.29 is 4.39 Å². The summed E-state index contributed by atoms with van der Waals surface area (Å²) < 4.78 is 16.1. The molecule has 0 aliphatic carbocycles. The number of hydrogen-bond donors (Lipinski definition) is 1. The molecule has 0 saturated heterocycles. The minimum atomic E-state index is -0.260. The van der Waals surface area contributed by atoms with Gasteiger partial charge in [-0.25, -0.2) is 4.39 Å². The van der Waals surface area contributed by atoms with Crippen LogP contribution in [0.4, 0.5) is 4.39 Å². The fourth-order valence-electron chi connectivity index (χ4n) is 2.11. The van der Waals surface area contributed by atoms with Crippen LogP contribution in [-0.4, -0.2) is 9.55 Å². The Morgan fingerprint density at radius 2 is 1.85 bits per heavy atom. The van der Waals surface area contributed by atoms with Crippen LogP contribution in [-0.2, 0) is 6.54 Å². The van der Waals surface area contributed by atoms with Crippen LogP contribution in [0.5, 0.6) is 0 Å². The van der Waals surface area contributed by atoms with E-state index < -0.39 is 0 Å². The number of nitrogens with one attached hydrogen (secondary N) is 1. The van der Waals surface area contributed by atoms with Crippen LogP contribution in [0.1, 0.15) is 5.56 Å². The van der Waals surface area contributed by atoms with Gasteiger partial charge in [-0.05, 0) is 30.4 Å². The third-order valence-corrected chi connectivity index (χ3v) is 4.15. The molecule has 0 radical (unpaired) electrons. The summed E-state index contributed by atoms with van der Waals surface area (Å²) in [6.45, 7) is 0.337. The average Bonchev–Trinajstić information content (AvgIpc) is 2.69.